The molecule has 16 heavy (non-hydrogen) atoms. The van der Waals surface area contributed by atoms with Gasteiger partial charge < -0.3 is 14.8 Å². The van der Waals surface area contributed by atoms with Gasteiger partial charge in [-0.25, -0.2) is 9.59 Å². The highest BCUT2D eigenvalue weighted by atomic mass is 16.6. The number of esters is 1. The molecule has 1 amide bonds. The van der Waals surface area contributed by atoms with E-state index < -0.39 is 12.1 Å². The summed E-state index contributed by atoms with van der Waals surface area (Å²) in [5, 5.41) is 3.05. The Morgan fingerprint density at radius 3 is 2.62 bits per heavy atom. The van der Waals surface area contributed by atoms with Crippen molar-refractivity contribution in [1.82, 2.24) is 10.2 Å². The van der Waals surface area contributed by atoms with Crippen LogP contribution < -0.4 is 5.32 Å². The number of amides is 1. The van der Waals surface area contributed by atoms with Crippen LogP contribution >= 0.6 is 0 Å². The molecule has 1 heterocycles. The molecular formula is C10H18N2O4. The minimum absolute atomic E-state index is 0.304. The first-order valence-electron chi connectivity index (χ1n) is 5.51. The molecule has 6 nitrogen and oxygen atoms in total. The number of nitrogens with one attached hydrogen (secondary N) is 1. The molecule has 1 N–H and O–H groups in total. The summed E-state index contributed by atoms with van der Waals surface area (Å²) in [4.78, 5) is 24.6. The molecule has 0 aromatic heterocycles. The van der Waals surface area contributed by atoms with Crippen LogP contribution in [0, 0.1) is 0 Å². The van der Waals surface area contributed by atoms with E-state index >= 15 is 0 Å². The summed E-state index contributed by atoms with van der Waals surface area (Å²) in [5.41, 5.74) is 0. The highest BCUT2D eigenvalue weighted by Gasteiger charge is 2.33. The van der Waals surface area contributed by atoms with Crippen molar-refractivity contribution in [3.63, 3.8) is 0 Å². The van der Waals surface area contributed by atoms with E-state index in [0.717, 1.165) is 0 Å². The number of carbonyl (C=O) groups is 2. The quantitative estimate of drug-likeness (QED) is 0.690. The van der Waals surface area contributed by atoms with Gasteiger partial charge in [-0.3, -0.25) is 4.90 Å². The van der Waals surface area contributed by atoms with E-state index in [0.29, 0.717) is 32.8 Å². The van der Waals surface area contributed by atoms with Crippen molar-refractivity contribution in [2.75, 3.05) is 32.8 Å². The Balaban J connectivity index is 2.63. The Kier molecular flexibility index (Phi) is 5.04. The van der Waals surface area contributed by atoms with Crippen molar-refractivity contribution >= 4 is 12.1 Å². The van der Waals surface area contributed by atoms with Crippen molar-refractivity contribution < 1.29 is 19.1 Å². The van der Waals surface area contributed by atoms with Gasteiger partial charge >= 0.3 is 12.1 Å². The summed E-state index contributed by atoms with van der Waals surface area (Å²) in [5.74, 6) is -0.386. The van der Waals surface area contributed by atoms with Crippen molar-refractivity contribution in [2.24, 2.45) is 0 Å². The maximum Gasteiger partial charge on any atom is 0.410 e. The van der Waals surface area contributed by atoms with Crippen LogP contribution in [0.15, 0.2) is 0 Å². The molecule has 0 bridgehead atoms. The molecule has 0 aromatic carbocycles. The van der Waals surface area contributed by atoms with Gasteiger partial charge in [0.25, 0.3) is 0 Å². The van der Waals surface area contributed by atoms with Gasteiger partial charge in [0, 0.05) is 19.6 Å². The third-order valence-electron chi connectivity index (χ3n) is 2.30. The van der Waals surface area contributed by atoms with E-state index in [1.165, 1.54) is 4.90 Å². The SMILES string of the molecule is CCOC(=O)C1CNCCN1C(=O)OCC. The van der Waals surface area contributed by atoms with Gasteiger partial charge in [-0.2, -0.15) is 0 Å². The lowest BCUT2D eigenvalue weighted by Gasteiger charge is -2.33. The normalized spacial score (nSPS) is 20.4. The van der Waals surface area contributed by atoms with E-state index in [9.17, 15) is 9.59 Å². The monoisotopic (exact) mass is 230 g/mol. The molecule has 6 heteroatoms. The average Bonchev–Trinajstić information content (AvgIpc) is 2.30. The molecule has 1 unspecified atom stereocenters. The maximum atomic E-state index is 11.6. The third-order valence-corrected chi connectivity index (χ3v) is 2.30. The Morgan fingerprint density at radius 2 is 2.00 bits per heavy atom. The van der Waals surface area contributed by atoms with E-state index in [4.69, 9.17) is 9.47 Å². The van der Waals surface area contributed by atoms with Crippen molar-refractivity contribution in [2.45, 2.75) is 19.9 Å². The third kappa shape index (κ3) is 3.10. The molecule has 1 aliphatic heterocycles. The molecular weight excluding hydrogens is 212 g/mol. The summed E-state index contributed by atoms with van der Waals surface area (Å²) in [6, 6.07) is -0.576. The molecule has 1 rings (SSSR count). The van der Waals surface area contributed by atoms with Crippen LogP contribution in [0.3, 0.4) is 0 Å². The Morgan fingerprint density at radius 1 is 1.31 bits per heavy atom. The van der Waals surface area contributed by atoms with Crippen LogP contribution in [0.4, 0.5) is 4.79 Å². The van der Waals surface area contributed by atoms with Gasteiger partial charge in [0.05, 0.1) is 13.2 Å². The number of hydrogen-bond acceptors (Lipinski definition) is 5. The standard InChI is InChI=1S/C10H18N2O4/c1-3-15-9(13)8-7-11-5-6-12(8)10(14)16-4-2/h8,11H,3-7H2,1-2H3. The predicted octanol–water partition coefficient (Wildman–Crippen LogP) is -0.0202. The van der Waals surface area contributed by atoms with E-state index in [1.54, 1.807) is 13.8 Å². The first-order chi connectivity index (χ1) is 7.70. The molecule has 1 atom stereocenters. The predicted molar refractivity (Wildman–Crippen MR) is 57.0 cm³/mol. The van der Waals surface area contributed by atoms with E-state index in [1.807, 2.05) is 0 Å². The molecule has 1 aliphatic rings. The zero-order valence-corrected chi connectivity index (χ0v) is 9.69. The second-order valence-electron chi connectivity index (χ2n) is 3.36. The van der Waals surface area contributed by atoms with Crippen LogP contribution in [0.2, 0.25) is 0 Å². The number of ether oxygens (including phenoxy) is 2. The fourth-order valence-electron chi connectivity index (χ4n) is 1.58. The van der Waals surface area contributed by atoms with Gasteiger partial charge in [-0.1, -0.05) is 0 Å². The van der Waals surface area contributed by atoms with Crippen LogP contribution in [0.25, 0.3) is 0 Å². The molecule has 92 valence electrons. The number of carbonyl (C=O) groups excluding carboxylic acids is 2. The molecule has 1 saturated heterocycles. The van der Waals surface area contributed by atoms with Crippen LogP contribution in [0.5, 0.6) is 0 Å². The molecule has 0 saturated carbocycles. The Labute approximate surface area is 94.9 Å². The summed E-state index contributed by atoms with van der Waals surface area (Å²) in [7, 11) is 0. The highest BCUT2D eigenvalue weighted by Crippen LogP contribution is 2.07. The minimum atomic E-state index is -0.576. The fraction of sp³-hybridized carbons (Fsp3) is 0.800. The average molecular weight is 230 g/mol. The molecule has 1 fully saturated rings. The summed E-state index contributed by atoms with van der Waals surface area (Å²) in [6.45, 7) is 5.63. The second-order valence-corrected chi connectivity index (χ2v) is 3.36. The molecule has 0 aliphatic carbocycles. The van der Waals surface area contributed by atoms with Crippen molar-refractivity contribution in [1.29, 1.82) is 0 Å². The smallest absolute Gasteiger partial charge is 0.410 e. The lowest BCUT2D eigenvalue weighted by Crippen LogP contribution is -2.57. The second kappa shape index (κ2) is 6.32. The van der Waals surface area contributed by atoms with Gasteiger partial charge in [-0.05, 0) is 13.8 Å². The first-order valence-corrected chi connectivity index (χ1v) is 5.51. The fourth-order valence-corrected chi connectivity index (χ4v) is 1.58. The summed E-state index contributed by atoms with van der Waals surface area (Å²) < 4.78 is 9.80. The molecule has 0 spiro atoms. The van der Waals surface area contributed by atoms with Crippen molar-refractivity contribution in [3.8, 4) is 0 Å². The number of piperazine rings is 1. The first kappa shape index (κ1) is 12.8. The maximum absolute atomic E-state index is 11.6. The lowest BCUT2D eigenvalue weighted by atomic mass is 10.2. The summed E-state index contributed by atoms with van der Waals surface area (Å²) in [6.07, 6.45) is -0.456. The zero-order chi connectivity index (χ0) is 12.0. The number of rotatable bonds is 3. The van der Waals surface area contributed by atoms with Crippen LogP contribution in [-0.2, 0) is 14.3 Å². The van der Waals surface area contributed by atoms with Gasteiger partial charge in [0.15, 0.2) is 0 Å². The van der Waals surface area contributed by atoms with Crippen molar-refractivity contribution in [3.05, 3.63) is 0 Å². The van der Waals surface area contributed by atoms with Crippen LogP contribution in [-0.4, -0.2) is 55.9 Å². The highest BCUT2D eigenvalue weighted by molar-refractivity contribution is 5.82. The Hall–Kier alpha value is -1.30. The molecule has 0 radical (unpaired) electrons. The largest absolute Gasteiger partial charge is 0.464 e. The topological polar surface area (TPSA) is 67.9 Å². The van der Waals surface area contributed by atoms with E-state index in [2.05, 4.69) is 5.32 Å². The number of nitrogens with zero attached hydrogens (tertiary/aromatic N) is 1. The van der Waals surface area contributed by atoms with Gasteiger partial charge in [0.2, 0.25) is 0 Å². The van der Waals surface area contributed by atoms with Crippen LogP contribution in [0.1, 0.15) is 13.8 Å². The minimum Gasteiger partial charge on any atom is -0.464 e. The molecule has 0 aromatic rings. The van der Waals surface area contributed by atoms with Gasteiger partial charge in [-0.15, -0.1) is 0 Å². The Bertz CT molecular complexity index is 231. The zero-order valence-electron chi connectivity index (χ0n) is 9.69. The van der Waals surface area contributed by atoms with E-state index in [-0.39, 0.29) is 5.97 Å². The number of hydrogen-bond donors (Lipinski definition) is 1. The summed E-state index contributed by atoms with van der Waals surface area (Å²) >= 11 is 0. The lowest BCUT2D eigenvalue weighted by molar-refractivity contribution is -0.149. The van der Waals surface area contributed by atoms with Gasteiger partial charge in [0.1, 0.15) is 6.04 Å².